The van der Waals surface area contributed by atoms with Crippen LogP contribution in [-0.2, 0) is 37.3 Å². The zero-order valence-corrected chi connectivity index (χ0v) is 24.8. The molecule has 45 heavy (non-hydrogen) atoms. The van der Waals surface area contributed by atoms with Crippen molar-refractivity contribution in [2.45, 2.75) is 45.5 Å². The van der Waals surface area contributed by atoms with E-state index in [1.165, 1.54) is 0 Å². The van der Waals surface area contributed by atoms with Crippen LogP contribution < -0.4 is 10.1 Å². The minimum absolute atomic E-state index is 0.234. The predicted molar refractivity (Wildman–Crippen MR) is 170 cm³/mol. The van der Waals surface area contributed by atoms with Crippen molar-refractivity contribution in [2.75, 3.05) is 0 Å². The molecule has 2 aromatic heterocycles. The molecule has 0 amide bonds. The molecule has 0 aliphatic carbocycles. The molecule has 3 heterocycles. The molecule has 0 radical (unpaired) electrons. The number of ether oxygens (including phenoxy) is 1. The summed E-state index contributed by atoms with van der Waals surface area (Å²) in [6.07, 6.45) is 1.03. The number of rotatable bonds is 9. The van der Waals surface area contributed by atoms with Crippen LogP contribution >= 0.6 is 0 Å². The van der Waals surface area contributed by atoms with Gasteiger partial charge >= 0.3 is 5.97 Å². The molecule has 0 bridgehead atoms. The first-order valence-electron chi connectivity index (χ1n) is 15.0. The van der Waals surface area contributed by atoms with E-state index >= 15 is 4.39 Å². The maximum atomic E-state index is 15.3. The van der Waals surface area contributed by atoms with Crippen LogP contribution in [0.25, 0.3) is 33.5 Å². The zero-order valence-electron chi connectivity index (χ0n) is 24.8. The monoisotopic (exact) mass is 601 g/mol. The number of hydrogen-bond donors (Lipinski definition) is 3. The molecular formula is C36H32FN5O3. The molecule has 1 atom stereocenters. The standard InChI is InChI=1S/C36H32FN5O3/c1-2-24-16-33(45-21-23-11-7-4-8-12-23)28(37)17-27(24)25-13-14-26-29(15-25)40-41-34(26)35-39-31-19-38-30(36(43)44)18-32(31)42(35)20-22-9-5-3-6-10-22/h3-17,30,38H,2,18-21H2,1H3,(H,40,41)(H,43,44). The molecule has 3 N–H and O–H groups in total. The van der Waals surface area contributed by atoms with Gasteiger partial charge < -0.3 is 14.4 Å². The van der Waals surface area contributed by atoms with E-state index in [0.717, 1.165) is 50.1 Å². The number of nitrogens with one attached hydrogen (secondary N) is 2. The number of aliphatic carboxylic acids is 1. The number of aryl methyl sites for hydroxylation is 1. The van der Waals surface area contributed by atoms with Gasteiger partial charge in [-0.05, 0) is 58.5 Å². The van der Waals surface area contributed by atoms with E-state index in [-0.39, 0.29) is 5.75 Å². The van der Waals surface area contributed by atoms with Gasteiger partial charge in [0.15, 0.2) is 17.4 Å². The average molecular weight is 602 g/mol. The van der Waals surface area contributed by atoms with E-state index in [2.05, 4.69) is 20.1 Å². The summed E-state index contributed by atoms with van der Waals surface area (Å²) in [5.74, 6) is -0.384. The van der Waals surface area contributed by atoms with Gasteiger partial charge in [-0.2, -0.15) is 5.10 Å². The van der Waals surface area contributed by atoms with E-state index in [0.29, 0.717) is 44.1 Å². The summed E-state index contributed by atoms with van der Waals surface area (Å²) in [5, 5.41) is 21.5. The first-order chi connectivity index (χ1) is 22.0. The van der Waals surface area contributed by atoms with Crippen molar-refractivity contribution >= 4 is 16.9 Å². The highest BCUT2D eigenvalue weighted by Crippen LogP contribution is 2.35. The number of carboxylic acid groups (broad SMARTS) is 1. The van der Waals surface area contributed by atoms with Gasteiger partial charge in [-0.25, -0.2) is 9.37 Å². The Bertz CT molecular complexity index is 2000. The third kappa shape index (κ3) is 5.58. The number of aromatic nitrogens is 4. The minimum Gasteiger partial charge on any atom is -0.486 e. The van der Waals surface area contributed by atoms with Gasteiger partial charge in [-0.3, -0.25) is 15.2 Å². The Morgan fingerprint density at radius 1 is 1.02 bits per heavy atom. The summed E-state index contributed by atoms with van der Waals surface area (Å²) < 4.78 is 23.2. The molecule has 0 saturated heterocycles. The fourth-order valence-corrected chi connectivity index (χ4v) is 6.04. The lowest BCUT2D eigenvalue weighted by molar-refractivity contribution is -0.139. The number of benzene rings is 4. The van der Waals surface area contributed by atoms with Gasteiger partial charge in [-0.15, -0.1) is 0 Å². The van der Waals surface area contributed by atoms with E-state index < -0.39 is 17.8 Å². The topological polar surface area (TPSA) is 105 Å². The normalized spacial score (nSPS) is 14.4. The molecule has 8 nitrogen and oxygen atoms in total. The molecule has 4 aromatic carbocycles. The van der Waals surface area contributed by atoms with Crippen molar-refractivity contribution in [3.05, 3.63) is 125 Å². The maximum Gasteiger partial charge on any atom is 0.321 e. The molecule has 1 aliphatic rings. The quantitative estimate of drug-likeness (QED) is 0.174. The van der Waals surface area contributed by atoms with Crippen molar-refractivity contribution in [3.8, 4) is 28.4 Å². The Kier molecular flexibility index (Phi) is 7.61. The van der Waals surface area contributed by atoms with Gasteiger partial charge in [0.05, 0.1) is 11.2 Å². The van der Waals surface area contributed by atoms with Crippen molar-refractivity contribution in [3.63, 3.8) is 0 Å². The highest BCUT2D eigenvalue weighted by molar-refractivity contribution is 5.94. The summed E-state index contributed by atoms with van der Waals surface area (Å²) >= 11 is 0. The molecule has 1 aliphatic heterocycles. The molecular weight excluding hydrogens is 569 g/mol. The third-order valence-corrected chi connectivity index (χ3v) is 8.41. The largest absolute Gasteiger partial charge is 0.486 e. The summed E-state index contributed by atoms with van der Waals surface area (Å²) in [7, 11) is 0. The number of imidazole rings is 1. The van der Waals surface area contributed by atoms with Gasteiger partial charge in [0.2, 0.25) is 0 Å². The average Bonchev–Trinajstić information content (AvgIpc) is 3.65. The van der Waals surface area contributed by atoms with Crippen molar-refractivity contribution < 1.29 is 19.0 Å². The van der Waals surface area contributed by atoms with Gasteiger partial charge in [-0.1, -0.05) is 73.7 Å². The minimum atomic E-state index is -0.883. The number of fused-ring (bicyclic) bond motifs is 2. The SMILES string of the molecule is CCc1cc(OCc2ccccc2)c(F)cc1-c1ccc2c(-c3nc4c(n3Cc3ccccc3)CC(C(=O)O)NC4)n[nH]c2c1. The third-order valence-electron chi connectivity index (χ3n) is 8.41. The van der Waals surface area contributed by atoms with Gasteiger partial charge in [0.25, 0.3) is 0 Å². The summed E-state index contributed by atoms with van der Waals surface area (Å²) in [6, 6.07) is 28.3. The molecule has 6 aromatic rings. The molecule has 0 saturated carbocycles. The Labute approximate surface area is 259 Å². The Morgan fingerprint density at radius 3 is 2.51 bits per heavy atom. The molecule has 9 heteroatoms. The second-order valence-corrected chi connectivity index (χ2v) is 11.3. The highest BCUT2D eigenvalue weighted by Gasteiger charge is 2.30. The number of nitrogens with zero attached hydrogens (tertiary/aromatic N) is 3. The summed E-state index contributed by atoms with van der Waals surface area (Å²) in [5.41, 5.74) is 7.89. The molecule has 0 spiro atoms. The van der Waals surface area contributed by atoms with Crippen molar-refractivity contribution in [1.29, 1.82) is 0 Å². The van der Waals surface area contributed by atoms with E-state index in [1.54, 1.807) is 12.1 Å². The van der Waals surface area contributed by atoms with E-state index in [4.69, 9.17) is 9.72 Å². The molecule has 1 unspecified atom stereocenters. The second-order valence-electron chi connectivity index (χ2n) is 11.3. The maximum absolute atomic E-state index is 15.3. The number of hydrogen-bond acceptors (Lipinski definition) is 5. The van der Waals surface area contributed by atoms with E-state index in [1.807, 2.05) is 85.8 Å². The molecule has 226 valence electrons. The van der Waals surface area contributed by atoms with E-state index in [9.17, 15) is 9.90 Å². The van der Waals surface area contributed by atoms with Crippen LogP contribution in [0.15, 0.2) is 91.0 Å². The summed E-state index contributed by atoms with van der Waals surface area (Å²) in [4.78, 5) is 16.8. The van der Waals surface area contributed by atoms with Crippen LogP contribution in [-0.4, -0.2) is 36.9 Å². The Hall–Kier alpha value is -5.28. The lowest BCUT2D eigenvalue weighted by atomic mass is 9.96. The molecule has 7 rings (SSSR count). The lowest BCUT2D eigenvalue weighted by Crippen LogP contribution is -2.42. The molecule has 0 fully saturated rings. The lowest BCUT2D eigenvalue weighted by Gasteiger charge is -2.21. The van der Waals surface area contributed by atoms with Crippen LogP contribution in [0.3, 0.4) is 0 Å². The van der Waals surface area contributed by atoms with Crippen LogP contribution in [0.4, 0.5) is 4.39 Å². The second kappa shape index (κ2) is 12.0. The van der Waals surface area contributed by atoms with Crippen LogP contribution in [0.1, 0.15) is 35.0 Å². The smallest absolute Gasteiger partial charge is 0.321 e. The number of H-pyrrole nitrogens is 1. The first-order valence-corrected chi connectivity index (χ1v) is 15.0. The number of aromatic amines is 1. The first kappa shape index (κ1) is 28.5. The number of carbonyl (C=O) groups is 1. The highest BCUT2D eigenvalue weighted by atomic mass is 19.1. The fourth-order valence-electron chi connectivity index (χ4n) is 6.04. The number of halogens is 1. The van der Waals surface area contributed by atoms with Crippen molar-refractivity contribution in [2.24, 2.45) is 0 Å². The van der Waals surface area contributed by atoms with Crippen LogP contribution in [0.2, 0.25) is 0 Å². The fraction of sp³-hybridized carbons (Fsp3) is 0.194. The summed E-state index contributed by atoms with van der Waals surface area (Å²) in [6.45, 7) is 3.24. The Balaban J connectivity index is 1.24. The predicted octanol–water partition coefficient (Wildman–Crippen LogP) is 6.52. The van der Waals surface area contributed by atoms with Crippen molar-refractivity contribution in [1.82, 2.24) is 25.1 Å². The van der Waals surface area contributed by atoms with Crippen LogP contribution in [0.5, 0.6) is 5.75 Å². The Morgan fingerprint density at radius 2 is 1.78 bits per heavy atom. The van der Waals surface area contributed by atoms with Crippen LogP contribution in [0, 0.1) is 5.82 Å². The van der Waals surface area contributed by atoms with Gasteiger partial charge in [0.1, 0.15) is 18.3 Å². The zero-order chi connectivity index (χ0) is 30.9. The number of carboxylic acids is 1. The van der Waals surface area contributed by atoms with Gasteiger partial charge in [0, 0.05) is 30.6 Å².